The highest BCUT2D eigenvalue weighted by atomic mass is 15.0. The summed E-state index contributed by atoms with van der Waals surface area (Å²) in [7, 11) is 0. The Kier molecular flexibility index (Phi) is 6.78. The van der Waals surface area contributed by atoms with Gasteiger partial charge in [0.2, 0.25) is 0 Å². The van der Waals surface area contributed by atoms with Crippen molar-refractivity contribution in [1.29, 1.82) is 0 Å². The minimum atomic E-state index is 0.492. The number of rotatable bonds is 6. The monoisotopic (exact) mass is 276 g/mol. The second-order valence-corrected chi connectivity index (χ2v) is 6.36. The molecule has 0 amide bonds. The van der Waals surface area contributed by atoms with Gasteiger partial charge >= 0.3 is 0 Å². The van der Waals surface area contributed by atoms with Gasteiger partial charge in [-0.3, -0.25) is 4.99 Å². The molecular weight excluding hydrogens is 244 g/mol. The second-order valence-electron chi connectivity index (χ2n) is 6.36. The molecule has 1 saturated carbocycles. The van der Waals surface area contributed by atoms with Crippen LogP contribution in [0, 0.1) is 0 Å². The van der Waals surface area contributed by atoms with Crippen LogP contribution in [0.15, 0.2) is 16.8 Å². The maximum atomic E-state index is 5.01. The van der Waals surface area contributed by atoms with Crippen LogP contribution in [0.25, 0.3) is 0 Å². The van der Waals surface area contributed by atoms with E-state index in [-0.39, 0.29) is 0 Å². The van der Waals surface area contributed by atoms with Crippen LogP contribution in [0.3, 0.4) is 0 Å². The molecule has 0 spiro atoms. The van der Waals surface area contributed by atoms with Crippen LogP contribution in [0.4, 0.5) is 0 Å². The lowest BCUT2D eigenvalue weighted by molar-refractivity contribution is 0.357. The van der Waals surface area contributed by atoms with Crippen molar-refractivity contribution in [3.8, 4) is 0 Å². The molecule has 0 bridgehead atoms. The van der Waals surface area contributed by atoms with E-state index in [0.717, 1.165) is 18.9 Å². The third kappa shape index (κ3) is 4.73. The van der Waals surface area contributed by atoms with Crippen molar-refractivity contribution in [1.82, 2.24) is 5.32 Å². The number of nitrogens with one attached hydrogen (secondary N) is 1. The molecule has 0 aromatic rings. The van der Waals surface area contributed by atoms with E-state index in [9.17, 15) is 0 Å². The highest BCUT2D eigenvalue weighted by molar-refractivity contribution is 5.90. The van der Waals surface area contributed by atoms with Crippen molar-refractivity contribution in [3.05, 3.63) is 11.8 Å². The molecule has 2 heteroatoms. The average Bonchev–Trinajstić information content (AvgIpc) is 2.52. The minimum Gasteiger partial charge on any atom is -0.306 e. The van der Waals surface area contributed by atoms with Gasteiger partial charge in [-0.1, -0.05) is 39.2 Å². The third-order valence-electron chi connectivity index (χ3n) is 4.77. The van der Waals surface area contributed by atoms with Crippen molar-refractivity contribution < 1.29 is 0 Å². The van der Waals surface area contributed by atoms with Gasteiger partial charge in [0.15, 0.2) is 0 Å². The first-order valence-electron chi connectivity index (χ1n) is 8.86. The Hall–Kier alpha value is -0.630. The highest BCUT2D eigenvalue weighted by Gasteiger charge is 2.20. The minimum absolute atomic E-state index is 0.492. The second kappa shape index (κ2) is 8.61. The highest BCUT2D eigenvalue weighted by Crippen LogP contribution is 2.21. The van der Waals surface area contributed by atoms with Crippen molar-refractivity contribution in [2.24, 2.45) is 4.99 Å². The summed E-state index contributed by atoms with van der Waals surface area (Å²) in [6, 6.07) is 1.22. The van der Waals surface area contributed by atoms with Gasteiger partial charge in [0.1, 0.15) is 0 Å². The molecule has 2 aliphatic carbocycles. The Morgan fingerprint density at radius 3 is 2.60 bits per heavy atom. The molecule has 0 aromatic carbocycles. The summed E-state index contributed by atoms with van der Waals surface area (Å²) in [5.41, 5.74) is 2.73. The summed E-state index contributed by atoms with van der Waals surface area (Å²) in [5.74, 6) is 0. The van der Waals surface area contributed by atoms with Crippen LogP contribution in [0.5, 0.6) is 0 Å². The van der Waals surface area contributed by atoms with Gasteiger partial charge in [-0.2, -0.15) is 0 Å². The molecule has 2 nitrogen and oxygen atoms in total. The standard InChI is InChI=1S/C18H32N2/c1-3-17(19-15-11-7-5-8-12-15)18(4-2)20-16-13-9-6-10-14-16/h11,16,18,20H,3-10,12-14H2,1-2H3. The summed E-state index contributed by atoms with van der Waals surface area (Å²) in [4.78, 5) is 5.01. The molecule has 114 valence electrons. The van der Waals surface area contributed by atoms with E-state index < -0.39 is 0 Å². The molecule has 1 fully saturated rings. The van der Waals surface area contributed by atoms with Crippen molar-refractivity contribution in [3.63, 3.8) is 0 Å². The van der Waals surface area contributed by atoms with E-state index in [1.807, 2.05) is 0 Å². The maximum Gasteiger partial charge on any atom is 0.0454 e. The van der Waals surface area contributed by atoms with E-state index in [2.05, 4.69) is 25.2 Å². The Labute approximate surface area is 125 Å². The predicted octanol–water partition coefficient (Wildman–Crippen LogP) is 5.00. The van der Waals surface area contributed by atoms with Gasteiger partial charge in [-0.15, -0.1) is 0 Å². The molecule has 0 heterocycles. The first kappa shape index (κ1) is 15.8. The van der Waals surface area contributed by atoms with Gasteiger partial charge in [0, 0.05) is 23.5 Å². The predicted molar refractivity (Wildman–Crippen MR) is 88.4 cm³/mol. The van der Waals surface area contributed by atoms with Gasteiger partial charge in [-0.05, 0) is 51.4 Å². The first-order valence-corrected chi connectivity index (χ1v) is 8.86. The molecule has 0 saturated heterocycles. The summed E-state index contributed by atoms with van der Waals surface area (Å²) < 4.78 is 0. The Morgan fingerprint density at radius 1 is 1.20 bits per heavy atom. The zero-order valence-corrected chi connectivity index (χ0v) is 13.5. The van der Waals surface area contributed by atoms with Crippen LogP contribution in [0.2, 0.25) is 0 Å². The number of allylic oxidation sites excluding steroid dienone is 2. The topological polar surface area (TPSA) is 24.4 Å². The lowest BCUT2D eigenvalue weighted by atomic mass is 9.93. The molecule has 2 rings (SSSR count). The van der Waals surface area contributed by atoms with Crippen LogP contribution in [-0.4, -0.2) is 17.8 Å². The van der Waals surface area contributed by atoms with E-state index in [4.69, 9.17) is 4.99 Å². The summed E-state index contributed by atoms with van der Waals surface area (Å²) >= 11 is 0. The van der Waals surface area contributed by atoms with Crippen LogP contribution < -0.4 is 5.32 Å². The fourth-order valence-electron chi connectivity index (χ4n) is 3.51. The summed E-state index contributed by atoms with van der Waals surface area (Å²) in [6.07, 6.45) is 16.6. The van der Waals surface area contributed by atoms with E-state index in [1.165, 1.54) is 69.2 Å². The maximum absolute atomic E-state index is 5.01. The van der Waals surface area contributed by atoms with Crippen LogP contribution in [0.1, 0.15) is 84.5 Å². The van der Waals surface area contributed by atoms with Crippen molar-refractivity contribution >= 4 is 5.71 Å². The Morgan fingerprint density at radius 2 is 2.00 bits per heavy atom. The number of aliphatic imine (C=N–C) groups is 1. The Bertz CT molecular complexity index is 337. The molecule has 0 radical (unpaired) electrons. The normalized spacial score (nSPS) is 23.5. The molecule has 2 aliphatic rings. The van der Waals surface area contributed by atoms with E-state index in [1.54, 1.807) is 0 Å². The number of nitrogens with zero attached hydrogens (tertiary/aromatic N) is 1. The van der Waals surface area contributed by atoms with Crippen LogP contribution >= 0.6 is 0 Å². The zero-order valence-electron chi connectivity index (χ0n) is 13.5. The SMILES string of the molecule is CCC(=NC1=CCCCC1)C(CC)NC1CCCCC1. The largest absolute Gasteiger partial charge is 0.306 e. The van der Waals surface area contributed by atoms with Gasteiger partial charge < -0.3 is 5.32 Å². The lowest BCUT2D eigenvalue weighted by Gasteiger charge is -2.29. The molecule has 1 N–H and O–H groups in total. The van der Waals surface area contributed by atoms with Gasteiger partial charge in [-0.25, -0.2) is 0 Å². The van der Waals surface area contributed by atoms with Crippen molar-refractivity contribution in [2.75, 3.05) is 0 Å². The molecular formula is C18H32N2. The molecule has 20 heavy (non-hydrogen) atoms. The zero-order chi connectivity index (χ0) is 14.2. The molecule has 1 atom stereocenters. The van der Waals surface area contributed by atoms with Gasteiger partial charge in [0.05, 0.1) is 0 Å². The molecule has 0 aromatic heterocycles. The van der Waals surface area contributed by atoms with Gasteiger partial charge in [0.25, 0.3) is 0 Å². The Balaban J connectivity index is 1.98. The van der Waals surface area contributed by atoms with E-state index >= 15 is 0 Å². The first-order chi connectivity index (χ1) is 9.83. The lowest BCUT2D eigenvalue weighted by Crippen LogP contribution is -2.43. The summed E-state index contributed by atoms with van der Waals surface area (Å²) in [6.45, 7) is 4.55. The fourth-order valence-corrected chi connectivity index (χ4v) is 3.51. The quantitative estimate of drug-likeness (QED) is 0.679. The average molecular weight is 276 g/mol. The number of hydrogen-bond acceptors (Lipinski definition) is 2. The number of hydrogen-bond donors (Lipinski definition) is 1. The smallest absolute Gasteiger partial charge is 0.0454 e. The molecule has 0 aliphatic heterocycles. The fraction of sp³-hybridized carbons (Fsp3) is 0.833. The van der Waals surface area contributed by atoms with E-state index in [0.29, 0.717) is 6.04 Å². The van der Waals surface area contributed by atoms with Crippen LogP contribution in [-0.2, 0) is 0 Å². The summed E-state index contributed by atoms with van der Waals surface area (Å²) in [5, 5.41) is 3.89. The molecule has 1 unspecified atom stereocenters. The third-order valence-corrected chi connectivity index (χ3v) is 4.77. The van der Waals surface area contributed by atoms with Crippen molar-refractivity contribution in [2.45, 2.75) is 96.6 Å².